The lowest BCUT2D eigenvalue weighted by Gasteiger charge is -2.31. The van der Waals surface area contributed by atoms with E-state index < -0.39 is 10.0 Å². The first kappa shape index (κ1) is 18.7. The number of amides is 1. The molecule has 1 aromatic carbocycles. The molecule has 1 aliphatic rings. The summed E-state index contributed by atoms with van der Waals surface area (Å²) in [6, 6.07) is 9.84. The van der Waals surface area contributed by atoms with E-state index in [1.165, 1.54) is 0 Å². The maximum absolute atomic E-state index is 12.0. The fourth-order valence-electron chi connectivity index (χ4n) is 2.84. The molecule has 2 N–H and O–H groups in total. The van der Waals surface area contributed by atoms with Crippen molar-refractivity contribution in [2.75, 3.05) is 30.7 Å². The molecule has 7 heteroatoms. The molecule has 1 saturated heterocycles. The van der Waals surface area contributed by atoms with Crippen LogP contribution in [0.5, 0.6) is 0 Å². The van der Waals surface area contributed by atoms with Crippen LogP contribution in [0.25, 0.3) is 0 Å². The van der Waals surface area contributed by atoms with Crippen LogP contribution in [0.4, 0.5) is 5.69 Å². The van der Waals surface area contributed by atoms with Crippen LogP contribution >= 0.6 is 0 Å². The SMILES string of the molecule is CCCS(=O)(=O)N1CCC(NC(=O)CCNc2ccccc2)CC1. The van der Waals surface area contributed by atoms with Crippen LogP contribution in [0.2, 0.25) is 0 Å². The lowest BCUT2D eigenvalue weighted by molar-refractivity contribution is -0.121. The monoisotopic (exact) mass is 353 g/mol. The summed E-state index contributed by atoms with van der Waals surface area (Å²) in [6.07, 6.45) is 2.40. The van der Waals surface area contributed by atoms with E-state index >= 15 is 0 Å². The van der Waals surface area contributed by atoms with Gasteiger partial charge in [-0.1, -0.05) is 25.1 Å². The Hall–Kier alpha value is -1.60. The smallest absolute Gasteiger partial charge is 0.221 e. The Balaban J connectivity index is 1.67. The summed E-state index contributed by atoms with van der Waals surface area (Å²) in [7, 11) is -3.12. The van der Waals surface area contributed by atoms with Crippen molar-refractivity contribution >= 4 is 21.6 Å². The van der Waals surface area contributed by atoms with Gasteiger partial charge in [-0.25, -0.2) is 12.7 Å². The van der Waals surface area contributed by atoms with Crippen molar-refractivity contribution in [1.29, 1.82) is 0 Å². The molecule has 2 rings (SSSR count). The van der Waals surface area contributed by atoms with Crippen LogP contribution in [-0.2, 0) is 14.8 Å². The number of nitrogens with zero attached hydrogens (tertiary/aromatic N) is 1. The molecule has 0 aromatic heterocycles. The summed E-state index contributed by atoms with van der Waals surface area (Å²) in [5.41, 5.74) is 1.000. The fourth-order valence-corrected chi connectivity index (χ4v) is 4.38. The predicted molar refractivity (Wildman–Crippen MR) is 96.4 cm³/mol. The topological polar surface area (TPSA) is 78.5 Å². The van der Waals surface area contributed by atoms with Crippen molar-refractivity contribution in [1.82, 2.24) is 9.62 Å². The third kappa shape index (κ3) is 5.79. The van der Waals surface area contributed by atoms with E-state index in [0.29, 0.717) is 45.3 Å². The van der Waals surface area contributed by atoms with Crippen molar-refractivity contribution in [3.63, 3.8) is 0 Å². The first-order valence-corrected chi connectivity index (χ1v) is 10.2. The van der Waals surface area contributed by atoms with Gasteiger partial charge in [-0.15, -0.1) is 0 Å². The number of nitrogens with one attached hydrogen (secondary N) is 2. The molecule has 0 atom stereocenters. The van der Waals surface area contributed by atoms with E-state index in [4.69, 9.17) is 0 Å². The van der Waals surface area contributed by atoms with E-state index in [1.54, 1.807) is 4.31 Å². The Bertz CT molecular complexity index is 611. The van der Waals surface area contributed by atoms with Gasteiger partial charge in [-0.3, -0.25) is 4.79 Å². The molecular weight excluding hydrogens is 326 g/mol. The maximum Gasteiger partial charge on any atom is 0.221 e. The Morgan fingerprint density at radius 3 is 2.50 bits per heavy atom. The van der Waals surface area contributed by atoms with Crippen LogP contribution in [0.15, 0.2) is 30.3 Å². The summed E-state index contributed by atoms with van der Waals surface area (Å²) < 4.78 is 25.6. The van der Waals surface area contributed by atoms with Gasteiger partial charge in [-0.05, 0) is 31.4 Å². The highest BCUT2D eigenvalue weighted by Gasteiger charge is 2.27. The van der Waals surface area contributed by atoms with Crippen LogP contribution in [0, 0.1) is 0 Å². The standard InChI is InChI=1S/C17H27N3O3S/c1-2-14-24(22,23)20-12-9-16(10-13-20)19-17(21)8-11-18-15-6-4-3-5-7-15/h3-7,16,18H,2,8-14H2,1H3,(H,19,21). The number of hydrogen-bond donors (Lipinski definition) is 2. The number of benzene rings is 1. The molecule has 1 aliphatic heterocycles. The zero-order valence-electron chi connectivity index (χ0n) is 14.2. The second-order valence-corrected chi connectivity index (χ2v) is 8.19. The van der Waals surface area contributed by atoms with Gasteiger partial charge < -0.3 is 10.6 Å². The summed E-state index contributed by atoms with van der Waals surface area (Å²) in [5.74, 6) is 0.211. The third-order valence-electron chi connectivity index (χ3n) is 4.13. The number of carbonyl (C=O) groups excluding carboxylic acids is 1. The molecule has 0 unspecified atom stereocenters. The minimum atomic E-state index is -3.12. The molecule has 1 aromatic rings. The molecule has 1 heterocycles. The summed E-state index contributed by atoms with van der Waals surface area (Å²) in [6.45, 7) is 3.44. The number of para-hydroxylation sites is 1. The van der Waals surface area contributed by atoms with E-state index in [9.17, 15) is 13.2 Å². The lowest BCUT2D eigenvalue weighted by atomic mass is 10.1. The number of piperidine rings is 1. The molecule has 0 radical (unpaired) electrons. The highest BCUT2D eigenvalue weighted by atomic mass is 32.2. The van der Waals surface area contributed by atoms with E-state index in [-0.39, 0.29) is 17.7 Å². The molecule has 0 aliphatic carbocycles. The minimum Gasteiger partial charge on any atom is -0.385 e. The van der Waals surface area contributed by atoms with Crippen molar-refractivity contribution in [3.8, 4) is 0 Å². The largest absolute Gasteiger partial charge is 0.385 e. The zero-order valence-corrected chi connectivity index (χ0v) is 15.0. The van der Waals surface area contributed by atoms with Gasteiger partial charge in [0.1, 0.15) is 0 Å². The number of sulfonamides is 1. The number of rotatable bonds is 8. The van der Waals surface area contributed by atoms with E-state index in [1.807, 2.05) is 37.3 Å². The van der Waals surface area contributed by atoms with Crippen LogP contribution < -0.4 is 10.6 Å². The van der Waals surface area contributed by atoms with Gasteiger partial charge in [0.05, 0.1) is 5.75 Å². The van der Waals surface area contributed by atoms with Crippen molar-refractivity contribution in [3.05, 3.63) is 30.3 Å². The predicted octanol–water partition coefficient (Wildman–Crippen LogP) is 1.81. The number of anilines is 1. The molecular formula is C17H27N3O3S. The second-order valence-electron chi connectivity index (χ2n) is 6.10. The number of hydrogen-bond acceptors (Lipinski definition) is 4. The quantitative estimate of drug-likeness (QED) is 0.747. The van der Waals surface area contributed by atoms with Gasteiger partial charge in [0.15, 0.2) is 0 Å². The summed E-state index contributed by atoms with van der Waals surface area (Å²) in [5, 5.41) is 6.21. The second kappa shape index (κ2) is 9.03. The normalized spacial score (nSPS) is 16.7. The van der Waals surface area contributed by atoms with Gasteiger partial charge in [0, 0.05) is 37.8 Å². The Kier molecular flexibility index (Phi) is 7.05. The lowest BCUT2D eigenvalue weighted by Crippen LogP contribution is -2.47. The van der Waals surface area contributed by atoms with E-state index in [0.717, 1.165) is 5.69 Å². The van der Waals surface area contributed by atoms with E-state index in [2.05, 4.69) is 10.6 Å². The summed E-state index contributed by atoms with van der Waals surface area (Å²) in [4.78, 5) is 12.0. The fraction of sp³-hybridized carbons (Fsp3) is 0.588. The van der Waals surface area contributed by atoms with Gasteiger partial charge in [-0.2, -0.15) is 0 Å². The van der Waals surface area contributed by atoms with Crippen molar-refractivity contribution in [2.45, 2.75) is 38.6 Å². The molecule has 1 fully saturated rings. The molecule has 6 nitrogen and oxygen atoms in total. The zero-order chi connectivity index (χ0) is 17.4. The third-order valence-corrected chi connectivity index (χ3v) is 6.21. The molecule has 24 heavy (non-hydrogen) atoms. The van der Waals surface area contributed by atoms with Gasteiger partial charge in [0.2, 0.25) is 15.9 Å². The molecule has 0 saturated carbocycles. The van der Waals surface area contributed by atoms with Crippen molar-refractivity contribution in [2.24, 2.45) is 0 Å². The molecule has 134 valence electrons. The van der Waals surface area contributed by atoms with Gasteiger partial charge in [0.25, 0.3) is 0 Å². The molecule has 1 amide bonds. The van der Waals surface area contributed by atoms with Crippen LogP contribution in [0.3, 0.4) is 0 Å². The highest BCUT2D eigenvalue weighted by molar-refractivity contribution is 7.89. The Labute approximate surface area is 144 Å². The van der Waals surface area contributed by atoms with Crippen molar-refractivity contribution < 1.29 is 13.2 Å². The Morgan fingerprint density at radius 1 is 1.21 bits per heavy atom. The van der Waals surface area contributed by atoms with Crippen LogP contribution in [0.1, 0.15) is 32.6 Å². The highest BCUT2D eigenvalue weighted by Crippen LogP contribution is 2.15. The first-order chi connectivity index (χ1) is 11.5. The molecule has 0 bridgehead atoms. The minimum absolute atomic E-state index is 0.00768. The van der Waals surface area contributed by atoms with Crippen LogP contribution in [-0.4, -0.2) is 50.1 Å². The average molecular weight is 353 g/mol. The van der Waals surface area contributed by atoms with Gasteiger partial charge >= 0.3 is 0 Å². The number of carbonyl (C=O) groups is 1. The maximum atomic E-state index is 12.0. The summed E-state index contributed by atoms with van der Waals surface area (Å²) >= 11 is 0. The first-order valence-electron chi connectivity index (χ1n) is 8.57. The molecule has 0 spiro atoms. The average Bonchev–Trinajstić information content (AvgIpc) is 2.56. The Morgan fingerprint density at radius 2 is 1.88 bits per heavy atom.